The van der Waals surface area contributed by atoms with Crippen LogP contribution >= 0.6 is 25.3 Å². The third-order valence-corrected chi connectivity index (χ3v) is 10.9. The summed E-state index contributed by atoms with van der Waals surface area (Å²) in [7, 11) is 0. The summed E-state index contributed by atoms with van der Waals surface area (Å²) in [5.41, 5.74) is 13.8. The Kier molecular flexibility index (Phi) is 22.8. The minimum Gasteiger partial charge on any atom is -0.480 e. The van der Waals surface area contributed by atoms with Crippen LogP contribution in [-0.2, 0) is 51.2 Å². The quantitative estimate of drug-likeness (QED) is 0.0290. The van der Waals surface area contributed by atoms with Gasteiger partial charge in [-0.25, -0.2) is 4.79 Å². The lowest BCUT2D eigenvalue weighted by molar-refractivity contribution is -0.142. The van der Waals surface area contributed by atoms with E-state index < -0.39 is 103 Å². The van der Waals surface area contributed by atoms with Crippen LogP contribution in [0.5, 0.6) is 0 Å². The number of carbonyl (C=O) groups excluding carboxylic acids is 7. The van der Waals surface area contributed by atoms with Gasteiger partial charge in [-0.1, -0.05) is 62.4 Å². The van der Waals surface area contributed by atoms with E-state index in [1.807, 2.05) is 62.4 Å². The Bertz CT molecular complexity index is 2070. The molecule has 1 aromatic heterocycles. The van der Waals surface area contributed by atoms with Gasteiger partial charge in [0.15, 0.2) is 0 Å². The molecule has 0 spiro atoms. The average Bonchev–Trinajstić information content (AvgIpc) is 3.69. The Labute approximate surface area is 388 Å². The van der Waals surface area contributed by atoms with Gasteiger partial charge in [0.1, 0.15) is 36.3 Å². The van der Waals surface area contributed by atoms with E-state index in [4.69, 9.17) is 11.5 Å². The van der Waals surface area contributed by atoms with Crippen LogP contribution in [0.2, 0.25) is 0 Å². The third-order valence-electron chi connectivity index (χ3n) is 10.2. The fourth-order valence-corrected chi connectivity index (χ4v) is 7.14. The standard InChI is InChI=1S/C43H62N10O10S2/c1-24(2)16-31(49-42(61)35(23-65)52-37(56)28(45)17-25-10-4-3-5-11-25)39(58)50-32(18-26-19-46-29-13-7-6-12-27(26)29)40(59)51-33(21-54)41(60)53-34(22-64)38(57)47-20-36(55)48-30(43(62)63)14-8-9-15-44/h3-7,10-13,19,24,28,30-35,46,54,64-65H,8-9,14-18,20-23,44-45H2,1-2H3,(H,47,57)(H,48,55)(H,49,61)(H,50,58)(H,51,59)(H,52,56)(H,53,60)(H,62,63)/t28-,30-,31-,32-,33-,34-,35-/m0/s1. The molecule has 20 nitrogen and oxygen atoms in total. The Morgan fingerprint density at radius 3 is 1.85 bits per heavy atom. The molecule has 0 unspecified atom stereocenters. The van der Waals surface area contributed by atoms with E-state index >= 15 is 0 Å². The van der Waals surface area contributed by atoms with Crippen molar-refractivity contribution in [2.45, 2.75) is 94.7 Å². The minimum atomic E-state index is -1.65. The van der Waals surface area contributed by atoms with Gasteiger partial charge in [0.05, 0.1) is 19.2 Å². The van der Waals surface area contributed by atoms with Gasteiger partial charge in [-0.15, -0.1) is 0 Å². The second-order valence-corrected chi connectivity index (χ2v) is 16.5. The number of rotatable bonds is 28. The summed E-state index contributed by atoms with van der Waals surface area (Å²) in [6.07, 6.45) is 3.01. The van der Waals surface area contributed by atoms with Crippen molar-refractivity contribution in [1.82, 2.24) is 42.2 Å². The fourth-order valence-electron chi connectivity index (χ4n) is 6.63. The van der Waals surface area contributed by atoms with Crippen LogP contribution in [0.4, 0.5) is 0 Å². The number of aliphatic hydroxyl groups is 1. The molecule has 0 aliphatic heterocycles. The highest BCUT2D eigenvalue weighted by molar-refractivity contribution is 7.80. The predicted molar refractivity (Wildman–Crippen MR) is 250 cm³/mol. The van der Waals surface area contributed by atoms with Gasteiger partial charge in [0.2, 0.25) is 41.4 Å². The van der Waals surface area contributed by atoms with Gasteiger partial charge in [-0.3, -0.25) is 33.6 Å². The number of hydrogen-bond acceptors (Lipinski definition) is 13. The number of amides is 7. The topological polar surface area (TPSA) is 329 Å². The summed E-state index contributed by atoms with van der Waals surface area (Å²) in [5, 5.41) is 37.8. The number of aromatic nitrogens is 1. The monoisotopic (exact) mass is 942 g/mol. The molecule has 0 saturated heterocycles. The number of unbranched alkanes of at least 4 members (excludes halogenated alkanes) is 1. The van der Waals surface area contributed by atoms with Gasteiger partial charge in [-0.2, -0.15) is 25.3 Å². The Hall–Kier alpha value is -5.68. The molecule has 7 atom stereocenters. The first-order chi connectivity index (χ1) is 31.0. The second kappa shape index (κ2) is 27.6. The largest absolute Gasteiger partial charge is 0.480 e. The number of para-hydroxylation sites is 1. The van der Waals surface area contributed by atoms with E-state index in [-0.39, 0.29) is 43.1 Å². The molecule has 3 rings (SSSR count). The summed E-state index contributed by atoms with van der Waals surface area (Å²) in [5.74, 6) is -7.45. The number of nitrogens with one attached hydrogen (secondary N) is 8. The number of benzene rings is 2. The van der Waals surface area contributed by atoms with E-state index in [1.54, 1.807) is 12.3 Å². The number of nitrogens with two attached hydrogens (primary N) is 2. The van der Waals surface area contributed by atoms with Crippen molar-refractivity contribution in [3.05, 3.63) is 71.9 Å². The highest BCUT2D eigenvalue weighted by Gasteiger charge is 2.33. The van der Waals surface area contributed by atoms with Crippen molar-refractivity contribution in [2.24, 2.45) is 17.4 Å². The number of thiol groups is 2. The van der Waals surface area contributed by atoms with Crippen LogP contribution < -0.4 is 48.7 Å². The van der Waals surface area contributed by atoms with Crippen molar-refractivity contribution < 1.29 is 48.6 Å². The molecule has 7 amide bonds. The highest BCUT2D eigenvalue weighted by Crippen LogP contribution is 2.20. The molecule has 0 aliphatic carbocycles. The number of carboxylic acid groups (broad SMARTS) is 1. The number of aromatic amines is 1. The van der Waals surface area contributed by atoms with Crippen LogP contribution in [-0.4, -0.2) is 136 Å². The molecular formula is C43H62N10O10S2. The third kappa shape index (κ3) is 17.7. The molecule has 0 bridgehead atoms. The fraction of sp³-hybridized carbons (Fsp3) is 0.488. The van der Waals surface area contributed by atoms with Crippen LogP contribution in [0.25, 0.3) is 10.9 Å². The van der Waals surface area contributed by atoms with Crippen molar-refractivity contribution in [3.8, 4) is 0 Å². The zero-order valence-electron chi connectivity index (χ0n) is 36.4. The molecule has 2 aromatic carbocycles. The molecule has 22 heteroatoms. The zero-order chi connectivity index (χ0) is 48.1. The van der Waals surface area contributed by atoms with Crippen molar-refractivity contribution in [1.29, 1.82) is 0 Å². The summed E-state index contributed by atoms with van der Waals surface area (Å²) >= 11 is 8.38. The van der Waals surface area contributed by atoms with Crippen LogP contribution in [0.1, 0.15) is 50.7 Å². The second-order valence-electron chi connectivity index (χ2n) is 15.8. The minimum absolute atomic E-state index is 0.113. The molecule has 0 aliphatic rings. The first-order valence-electron chi connectivity index (χ1n) is 21.2. The maximum absolute atomic E-state index is 14.1. The smallest absolute Gasteiger partial charge is 0.326 e. The number of aliphatic carboxylic acids is 1. The van der Waals surface area contributed by atoms with E-state index in [0.29, 0.717) is 24.9 Å². The van der Waals surface area contributed by atoms with Crippen LogP contribution in [0.3, 0.4) is 0 Å². The molecule has 356 valence electrons. The molecule has 1 heterocycles. The predicted octanol–water partition coefficient (Wildman–Crippen LogP) is -1.58. The lowest BCUT2D eigenvalue weighted by Crippen LogP contribution is -2.61. The first kappa shape index (κ1) is 53.7. The lowest BCUT2D eigenvalue weighted by atomic mass is 10.00. The number of carbonyl (C=O) groups is 8. The number of hydrogen-bond donors (Lipinski definition) is 14. The summed E-state index contributed by atoms with van der Waals surface area (Å²) in [4.78, 5) is 108. The van der Waals surface area contributed by atoms with Gasteiger partial charge in [-0.05, 0) is 61.8 Å². The van der Waals surface area contributed by atoms with Crippen molar-refractivity contribution >= 4 is 83.5 Å². The number of aliphatic hydroxyl groups excluding tert-OH is 1. The first-order valence-corrected chi connectivity index (χ1v) is 22.5. The summed E-state index contributed by atoms with van der Waals surface area (Å²) in [6, 6.07) is 7.34. The SMILES string of the molecule is CC(C)C[C@H](NC(=O)[C@H](CS)NC(=O)[C@@H](N)Cc1ccccc1)C(=O)N[C@@H](Cc1c[nH]c2ccccc12)C(=O)N[C@@H](CO)C(=O)N[C@@H](CS)C(=O)NCC(=O)N[C@@H](CCCCN)C(=O)O. The molecule has 0 fully saturated rings. The highest BCUT2D eigenvalue weighted by atomic mass is 32.1. The van der Waals surface area contributed by atoms with Crippen molar-refractivity contribution in [2.75, 3.05) is 31.2 Å². The van der Waals surface area contributed by atoms with E-state index in [0.717, 1.165) is 16.5 Å². The van der Waals surface area contributed by atoms with E-state index in [2.05, 4.69) is 67.5 Å². The van der Waals surface area contributed by atoms with Gasteiger partial charge in [0, 0.05) is 35.0 Å². The maximum atomic E-state index is 14.1. The zero-order valence-corrected chi connectivity index (χ0v) is 38.2. The lowest BCUT2D eigenvalue weighted by Gasteiger charge is -2.27. The Morgan fingerprint density at radius 1 is 0.662 bits per heavy atom. The number of H-pyrrole nitrogens is 1. The van der Waals surface area contributed by atoms with Crippen LogP contribution in [0.15, 0.2) is 60.8 Å². The maximum Gasteiger partial charge on any atom is 0.326 e. The van der Waals surface area contributed by atoms with Gasteiger partial charge in [0.25, 0.3) is 0 Å². The number of carboxylic acids is 1. The van der Waals surface area contributed by atoms with Crippen molar-refractivity contribution in [3.63, 3.8) is 0 Å². The van der Waals surface area contributed by atoms with Crippen LogP contribution in [0, 0.1) is 5.92 Å². The van der Waals surface area contributed by atoms with Gasteiger partial charge >= 0.3 is 5.97 Å². The molecule has 3 aromatic rings. The summed E-state index contributed by atoms with van der Waals surface area (Å²) in [6.45, 7) is 2.43. The number of fused-ring (bicyclic) bond motifs is 1. The Morgan fingerprint density at radius 2 is 1.22 bits per heavy atom. The van der Waals surface area contributed by atoms with E-state index in [9.17, 15) is 48.6 Å². The van der Waals surface area contributed by atoms with E-state index in [1.165, 1.54) is 0 Å². The normalized spacial score (nSPS) is 14.4. The molecule has 0 saturated carbocycles. The van der Waals surface area contributed by atoms with Gasteiger partial charge < -0.3 is 63.9 Å². The molecule has 0 radical (unpaired) electrons. The molecule has 65 heavy (non-hydrogen) atoms. The Balaban J connectivity index is 1.75. The average molecular weight is 943 g/mol. The summed E-state index contributed by atoms with van der Waals surface area (Å²) < 4.78 is 0. The molecule has 14 N–H and O–H groups in total. The molecular weight excluding hydrogens is 881 g/mol.